The van der Waals surface area contributed by atoms with Gasteiger partial charge in [-0.05, 0) is 18.6 Å². The molecule has 1 amide bonds. The zero-order chi connectivity index (χ0) is 13.7. The lowest BCUT2D eigenvalue weighted by atomic mass is 10.1. The molecule has 3 N–H and O–H groups in total. The molecule has 5 nitrogen and oxygen atoms in total. The molecule has 2 aromatic rings. The molecule has 0 spiro atoms. The Kier molecular flexibility index (Phi) is 4.54. The summed E-state index contributed by atoms with van der Waals surface area (Å²) in [4.78, 5) is 15.3. The molecule has 0 aliphatic heterocycles. The van der Waals surface area contributed by atoms with E-state index < -0.39 is 0 Å². The van der Waals surface area contributed by atoms with E-state index in [1.807, 2.05) is 24.4 Å². The number of carbonyl (C=O) groups is 1. The van der Waals surface area contributed by atoms with E-state index in [1.165, 1.54) is 0 Å². The summed E-state index contributed by atoms with van der Waals surface area (Å²) in [6.45, 7) is 0.397. The number of H-pyrrole nitrogens is 1. The van der Waals surface area contributed by atoms with Crippen molar-refractivity contribution in [3.63, 3.8) is 0 Å². The number of carbonyl (C=O) groups excluding carboxylic acids is 1. The maximum atomic E-state index is 12.2. The molecule has 1 unspecified atom stereocenters. The number of fused-ring (bicyclic) bond motifs is 1. The fourth-order valence-electron chi connectivity index (χ4n) is 2.09. The van der Waals surface area contributed by atoms with Gasteiger partial charge in [0.25, 0.3) is 5.91 Å². The maximum Gasteiger partial charge on any atom is 0.253 e. The second kappa shape index (κ2) is 6.36. The Hall–Kier alpha value is -1.85. The molecule has 0 aliphatic rings. The zero-order valence-electron chi connectivity index (χ0n) is 10.8. The molecule has 1 aromatic carbocycles. The number of aliphatic hydroxyl groups is 1. The lowest BCUT2D eigenvalue weighted by Crippen LogP contribution is -2.38. The summed E-state index contributed by atoms with van der Waals surface area (Å²) in [6.07, 6.45) is 2.28. The highest BCUT2D eigenvalue weighted by atomic mass is 16.5. The van der Waals surface area contributed by atoms with Crippen LogP contribution in [-0.2, 0) is 4.74 Å². The number of aromatic amines is 1. The Morgan fingerprint density at radius 1 is 1.47 bits per heavy atom. The van der Waals surface area contributed by atoms with Crippen LogP contribution in [0.3, 0.4) is 0 Å². The third-order valence-electron chi connectivity index (χ3n) is 3.01. The summed E-state index contributed by atoms with van der Waals surface area (Å²) in [7, 11) is 1.57. The van der Waals surface area contributed by atoms with Crippen LogP contribution in [-0.4, -0.2) is 42.4 Å². The summed E-state index contributed by atoms with van der Waals surface area (Å²) in [5.74, 6) is -0.163. The predicted molar refractivity (Wildman–Crippen MR) is 73.1 cm³/mol. The van der Waals surface area contributed by atoms with Crippen LogP contribution in [0.5, 0.6) is 0 Å². The minimum absolute atomic E-state index is 0.0149. The normalized spacial score (nSPS) is 12.5. The van der Waals surface area contributed by atoms with Crippen molar-refractivity contribution in [3.8, 4) is 0 Å². The summed E-state index contributed by atoms with van der Waals surface area (Å²) < 4.78 is 5.03. The van der Waals surface area contributed by atoms with Gasteiger partial charge in [0.2, 0.25) is 0 Å². The Morgan fingerprint density at radius 2 is 2.32 bits per heavy atom. The van der Waals surface area contributed by atoms with Crippen LogP contribution in [0, 0.1) is 0 Å². The van der Waals surface area contributed by atoms with Crippen molar-refractivity contribution in [2.45, 2.75) is 12.5 Å². The first-order valence-electron chi connectivity index (χ1n) is 6.23. The topological polar surface area (TPSA) is 74.3 Å². The van der Waals surface area contributed by atoms with E-state index in [4.69, 9.17) is 9.84 Å². The van der Waals surface area contributed by atoms with Gasteiger partial charge in [-0.25, -0.2) is 0 Å². The fraction of sp³-hybridized carbons (Fsp3) is 0.357. The van der Waals surface area contributed by atoms with E-state index in [-0.39, 0.29) is 18.6 Å². The third-order valence-corrected chi connectivity index (χ3v) is 3.01. The number of ether oxygens (including phenoxy) is 1. The molecule has 5 heteroatoms. The number of aliphatic hydroxyl groups excluding tert-OH is 1. The van der Waals surface area contributed by atoms with Gasteiger partial charge in [0.15, 0.2) is 0 Å². The van der Waals surface area contributed by atoms with Crippen molar-refractivity contribution < 1.29 is 14.6 Å². The van der Waals surface area contributed by atoms with Crippen molar-refractivity contribution in [2.75, 3.05) is 20.3 Å². The largest absolute Gasteiger partial charge is 0.396 e. The highest BCUT2D eigenvalue weighted by molar-refractivity contribution is 6.05. The zero-order valence-corrected chi connectivity index (χ0v) is 10.8. The van der Waals surface area contributed by atoms with Gasteiger partial charge in [0, 0.05) is 25.3 Å². The van der Waals surface area contributed by atoms with Gasteiger partial charge in [-0.1, -0.05) is 12.1 Å². The van der Waals surface area contributed by atoms with Crippen LogP contribution in [0.2, 0.25) is 0 Å². The van der Waals surface area contributed by atoms with Gasteiger partial charge in [-0.3, -0.25) is 4.79 Å². The third kappa shape index (κ3) is 3.13. The number of hydrogen-bond acceptors (Lipinski definition) is 3. The number of nitrogens with one attached hydrogen (secondary N) is 2. The molecule has 0 radical (unpaired) electrons. The van der Waals surface area contributed by atoms with Crippen LogP contribution < -0.4 is 5.32 Å². The quantitative estimate of drug-likeness (QED) is 0.734. The second-order valence-corrected chi connectivity index (χ2v) is 4.39. The van der Waals surface area contributed by atoms with Gasteiger partial charge >= 0.3 is 0 Å². The molecule has 19 heavy (non-hydrogen) atoms. The highest BCUT2D eigenvalue weighted by Crippen LogP contribution is 2.16. The van der Waals surface area contributed by atoms with Crippen LogP contribution in [0.15, 0.2) is 30.5 Å². The fourth-order valence-corrected chi connectivity index (χ4v) is 2.09. The average Bonchev–Trinajstić information content (AvgIpc) is 2.87. The SMILES string of the molecule is COCC(CCO)NC(=O)c1cccc2cc[nH]c12. The van der Waals surface area contributed by atoms with E-state index in [1.54, 1.807) is 13.2 Å². The van der Waals surface area contributed by atoms with Crippen molar-refractivity contribution in [3.05, 3.63) is 36.0 Å². The van der Waals surface area contributed by atoms with Crippen LogP contribution >= 0.6 is 0 Å². The maximum absolute atomic E-state index is 12.2. The van der Waals surface area contributed by atoms with Gasteiger partial charge in [-0.2, -0.15) is 0 Å². The van der Waals surface area contributed by atoms with Crippen LogP contribution in [0.1, 0.15) is 16.8 Å². The Bertz CT molecular complexity index is 544. The van der Waals surface area contributed by atoms with Crippen molar-refractivity contribution >= 4 is 16.8 Å². The standard InChI is InChI=1S/C14H18N2O3/c1-19-9-11(6-8-17)16-14(18)12-4-2-3-10-5-7-15-13(10)12/h2-5,7,11,15,17H,6,8-9H2,1H3,(H,16,18). The number of hydrogen-bond donors (Lipinski definition) is 3. The molecule has 0 saturated carbocycles. The van der Waals surface area contributed by atoms with E-state index in [9.17, 15) is 4.79 Å². The van der Waals surface area contributed by atoms with Crippen molar-refractivity contribution in [1.82, 2.24) is 10.3 Å². The first kappa shape index (κ1) is 13.6. The molecule has 0 fully saturated rings. The second-order valence-electron chi connectivity index (χ2n) is 4.39. The number of benzene rings is 1. The Balaban J connectivity index is 2.16. The van der Waals surface area contributed by atoms with E-state index in [2.05, 4.69) is 10.3 Å². The summed E-state index contributed by atoms with van der Waals surface area (Å²) in [5, 5.41) is 12.8. The van der Waals surface area contributed by atoms with Crippen LogP contribution in [0.25, 0.3) is 10.9 Å². The number of para-hydroxylation sites is 1. The molecule has 2 rings (SSSR count). The number of aromatic nitrogens is 1. The van der Waals surface area contributed by atoms with E-state index in [0.29, 0.717) is 18.6 Å². The summed E-state index contributed by atoms with van der Waals surface area (Å²) in [5.41, 5.74) is 1.42. The van der Waals surface area contributed by atoms with E-state index >= 15 is 0 Å². The van der Waals surface area contributed by atoms with Crippen molar-refractivity contribution in [1.29, 1.82) is 0 Å². The first-order chi connectivity index (χ1) is 9.26. The predicted octanol–water partition coefficient (Wildman–Crippen LogP) is 1.30. The molecule has 0 aliphatic carbocycles. The molecule has 1 atom stereocenters. The number of amides is 1. The van der Waals surface area contributed by atoms with E-state index in [0.717, 1.165) is 10.9 Å². The molecule has 0 saturated heterocycles. The molecule has 0 bridgehead atoms. The smallest absolute Gasteiger partial charge is 0.253 e. The highest BCUT2D eigenvalue weighted by Gasteiger charge is 2.15. The number of methoxy groups -OCH3 is 1. The van der Waals surface area contributed by atoms with Gasteiger partial charge in [0.05, 0.1) is 23.7 Å². The van der Waals surface area contributed by atoms with Gasteiger partial charge < -0.3 is 20.1 Å². The number of rotatable bonds is 6. The lowest BCUT2D eigenvalue weighted by molar-refractivity contribution is 0.0880. The summed E-state index contributed by atoms with van der Waals surface area (Å²) >= 11 is 0. The Morgan fingerprint density at radius 3 is 3.05 bits per heavy atom. The molecular formula is C14H18N2O3. The van der Waals surface area contributed by atoms with Crippen molar-refractivity contribution in [2.24, 2.45) is 0 Å². The first-order valence-corrected chi connectivity index (χ1v) is 6.23. The average molecular weight is 262 g/mol. The minimum Gasteiger partial charge on any atom is -0.396 e. The monoisotopic (exact) mass is 262 g/mol. The molecule has 1 heterocycles. The van der Waals surface area contributed by atoms with Crippen LogP contribution in [0.4, 0.5) is 0 Å². The van der Waals surface area contributed by atoms with Gasteiger partial charge in [0.1, 0.15) is 0 Å². The lowest BCUT2D eigenvalue weighted by Gasteiger charge is -2.17. The molecular weight excluding hydrogens is 244 g/mol. The summed E-state index contributed by atoms with van der Waals surface area (Å²) in [6, 6.07) is 7.31. The Labute approximate surface area is 111 Å². The molecule has 102 valence electrons. The molecule has 1 aromatic heterocycles. The van der Waals surface area contributed by atoms with Gasteiger partial charge in [-0.15, -0.1) is 0 Å². The minimum atomic E-state index is -0.187.